The summed E-state index contributed by atoms with van der Waals surface area (Å²) in [6.45, 7) is 5.97. The molecule has 0 radical (unpaired) electrons. The van der Waals surface area contributed by atoms with E-state index >= 15 is 0 Å². The summed E-state index contributed by atoms with van der Waals surface area (Å²) in [7, 11) is 0. The van der Waals surface area contributed by atoms with Gasteiger partial charge >= 0.3 is 0 Å². The molecule has 0 bridgehead atoms. The van der Waals surface area contributed by atoms with Crippen molar-refractivity contribution in [3.8, 4) is 5.88 Å². The molecule has 1 aromatic heterocycles. The monoisotopic (exact) mass is 234 g/mol. The Morgan fingerprint density at radius 2 is 2.00 bits per heavy atom. The number of hydrogen-bond acceptors (Lipinski definition) is 3. The molecule has 0 saturated carbocycles. The molecule has 0 amide bonds. The summed E-state index contributed by atoms with van der Waals surface area (Å²) in [5.41, 5.74) is -0.277. The molecule has 3 nitrogen and oxygen atoms in total. The van der Waals surface area contributed by atoms with Crippen LogP contribution in [-0.4, -0.2) is 15.6 Å². The first-order valence-corrected chi connectivity index (χ1v) is 5.07. The van der Waals surface area contributed by atoms with Crippen molar-refractivity contribution in [2.24, 2.45) is 0 Å². The molecule has 0 unspecified atom stereocenters. The van der Waals surface area contributed by atoms with E-state index in [9.17, 15) is 0 Å². The average molecular weight is 235 g/mol. The third kappa shape index (κ3) is 3.31. The Morgan fingerprint density at radius 1 is 1.36 bits per heavy atom. The lowest BCUT2D eigenvalue weighted by Gasteiger charge is -2.23. The van der Waals surface area contributed by atoms with E-state index in [4.69, 9.17) is 27.9 Å². The SMILES string of the molecule is CCC(C)(C)Oc1cc(Cl)nc(Cl)n1. The Hall–Kier alpha value is -0.540. The average Bonchev–Trinajstić information content (AvgIpc) is 2.01. The molecule has 0 N–H and O–H groups in total. The second-order valence-corrected chi connectivity index (χ2v) is 4.24. The molecule has 1 rings (SSSR count). The molecule has 1 heterocycles. The minimum atomic E-state index is -0.277. The lowest BCUT2D eigenvalue weighted by Crippen LogP contribution is -2.27. The molecule has 14 heavy (non-hydrogen) atoms. The number of hydrogen-bond donors (Lipinski definition) is 0. The summed E-state index contributed by atoms with van der Waals surface area (Å²) in [5.74, 6) is 0.404. The summed E-state index contributed by atoms with van der Waals surface area (Å²) < 4.78 is 5.59. The van der Waals surface area contributed by atoms with Crippen LogP contribution in [0.2, 0.25) is 10.4 Å². The molecule has 5 heteroatoms. The maximum atomic E-state index is 5.71. The second kappa shape index (κ2) is 4.32. The standard InChI is InChI=1S/C9H12Cl2N2O/c1-4-9(2,3)14-7-5-6(10)12-8(11)13-7/h5H,4H2,1-3H3. The lowest BCUT2D eigenvalue weighted by atomic mass is 10.1. The molecule has 1 aromatic rings. The van der Waals surface area contributed by atoms with Crippen molar-refractivity contribution in [1.82, 2.24) is 9.97 Å². The number of aromatic nitrogens is 2. The fourth-order valence-corrected chi connectivity index (χ4v) is 1.17. The van der Waals surface area contributed by atoms with Gasteiger partial charge in [0.25, 0.3) is 0 Å². The maximum absolute atomic E-state index is 5.71. The molecule has 0 aliphatic heterocycles. The fraction of sp³-hybridized carbons (Fsp3) is 0.556. The van der Waals surface area contributed by atoms with E-state index in [0.29, 0.717) is 5.88 Å². The van der Waals surface area contributed by atoms with Crippen molar-refractivity contribution in [2.75, 3.05) is 0 Å². The third-order valence-corrected chi connectivity index (χ3v) is 2.24. The summed E-state index contributed by atoms with van der Waals surface area (Å²) >= 11 is 11.3. The Kier molecular flexibility index (Phi) is 3.56. The van der Waals surface area contributed by atoms with Gasteiger partial charge in [0.1, 0.15) is 10.8 Å². The van der Waals surface area contributed by atoms with Crippen LogP contribution in [0.1, 0.15) is 27.2 Å². The van der Waals surface area contributed by atoms with Gasteiger partial charge in [-0.3, -0.25) is 0 Å². The van der Waals surface area contributed by atoms with Crippen LogP contribution in [-0.2, 0) is 0 Å². The van der Waals surface area contributed by atoms with Gasteiger partial charge in [-0.25, -0.2) is 4.98 Å². The van der Waals surface area contributed by atoms with Crippen molar-refractivity contribution in [3.63, 3.8) is 0 Å². The van der Waals surface area contributed by atoms with Crippen molar-refractivity contribution in [3.05, 3.63) is 16.5 Å². The fourth-order valence-electron chi connectivity index (χ4n) is 0.778. The highest BCUT2D eigenvalue weighted by atomic mass is 35.5. The van der Waals surface area contributed by atoms with Crippen LogP contribution in [0.3, 0.4) is 0 Å². The van der Waals surface area contributed by atoms with Crippen LogP contribution >= 0.6 is 23.2 Å². The Balaban J connectivity index is 2.87. The van der Waals surface area contributed by atoms with Gasteiger partial charge in [0, 0.05) is 6.07 Å². The van der Waals surface area contributed by atoms with Crippen LogP contribution in [0.15, 0.2) is 6.07 Å². The molecule has 0 aliphatic carbocycles. The maximum Gasteiger partial charge on any atom is 0.227 e. The zero-order valence-corrected chi connectivity index (χ0v) is 9.85. The van der Waals surface area contributed by atoms with Gasteiger partial charge in [-0.1, -0.05) is 18.5 Å². The highest BCUT2D eigenvalue weighted by Gasteiger charge is 2.18. The summed E-state index contributed by atoms with van der Waals surface area (Å²) in [5, 5.41) is 0.381. The van der Waals surface area contributed by atoms with Crippen LogP contribution in [0.5, 0.6) is 5.88 Å². The summed E-state index contributed by atoms with van der Waals surface area (Å²) in [4.78, 5) is 7.64. The molecule has 0 spiro atoms. The second-order valence-electron chi connectivity index (χ2n) is 3.51. The number of ether oxygens (including phenoxy) is 1. The van der Waals surface area contributed by atoms with Crippen molar-refractivity contribution in [2.45, 2.75) is 32.8 Å². The largest absolute Gasteiger partial charge is 0.472 e. The lowest BCUT2D eigenvalue weighted by molar-refractivity contribution is 0.0989. The van der Waals surface area contributed by atoms with Gasteiger partial charge < -0.3 is 4.74 Å². The van der Waals surface area contributed by atoms with E-state index in [1.54, 1.807) is 6.07 Å². The van der Waals surface area contributed by atoms with Crippen molar-refractivity contribution in [1.29, 1.82) is 0 Å². The highest BCUT2D eigenvalue weighted by Crippen LogP contribution is 2.22. The van der Waals surface area contributed by atoms with Gasteiger partial charge in [0.15, 0.2) is 0 Å². The normalized spacial score (nSPS) is 11.5. The molecule has 78 valence electrons. The van der Waals surface area contributed by atoms with Gasteiger partial charge in [0.2, 0.25) is 11.2 Å². The van der Waals surface area contributed by atoms with Crippen molar-refractivity contribution >= 4 is 23.2 Å². The Morgan fingerprint density at radius 3 is 2.50 bits per heavy atom. The van der Waals surface area contributed by atoms with E-state index in [-0.39, 0.29) is 16.0 Å². The van der Waals surface area contributed by atoms with Crippen LogP contribution < -0.4 is 4.74 Å². The van der Waals surface area contributed by atoms with E-state index in [2.05, 4.69) is 9.97 Å². The van der Waals surface area contributed by atoms with Crippen LogP contribution in [0.25, 0.3) is 0 Å². The molecule has 0 aromatic carbocycles. The third-order valence-electron chi connectivity index (χ3n) is 1.88. The predicted molar refractivity (Wildman–Crippen MR) is 57.1 cm³/mol. The summed E-state index contributed by atoms with van der Waals surface area (Å²) in [6.07, 6.45) is 0.867. The molecule has 0 fully saturated rings. The minimum absolute atomic E-state index is 0.0967. The van der Waals surface area contributed by atoms with E-state index in [1.165, 1.54) is 0 Å². The molecular weight excluding hydrogens is 223 g/mol. The highest BCUT2D eigenvalue weighted by molar-refractivity contribution is 6.31. The Labute approximate surface area is 93.4 Å². The quantitative estimate of drug-likeness (QED) is 0.595. The zero-order chi connectivity index (χ0) is 10.8. The Bertz CT molecular complexity index is 308. The number of nitrogens with zero attached hydrogens (tertiary/aromatic N) is 2. The van der Waals surface area contributed by atoms with Crippen molar-refractivity contribution < 1.29 is 4.74 Å². The number of rotatable bonds is 3. The van der Waals surface area contributed by atoms with E-state index < -0.39 is 0 Å². The zero-order valence-electron chi connectivity index (χ0n) is 8.34. The van der Waals surface area contributed by atoms with Gasteiger partial charge in [-0.15, -0.1) is 0 Å². The van der Waals surface area contributed by atoms with Gasteiger partial charge in [0.05, 0.1) is 0 Å². The van der Waals surface area contributed by atoms with E-state index in [1.807, 2.05) is 20.8 Å². The predicted octanol–water partition coefficient (Wildman–Crippen LogP) is 3.35. The van der Waals surface area contributed by atoms with Crippen LogP contribution in [0, 0.1) is 0 Å². The molecular formula is C9H12Cl2N2O. The topological polar surface area (TPSA) is 35.0 Å². The van der Waals surface area contributed by atoms with Gasteiger partial charge in [-0.2, -0.15) is 4.98 Å². The van der Waals surface area contributed by atoms with Gasteiger partial charge in [-0.05, 0) is 31.9 Å². The number of halogens is 2. The molecule has 0 aliphatic rings. The first kappa shape index (κ1) is 11.5. The first-order valence-electron chi connectivity index (χ1n) is 4.32. The molecule has 0 atom stereocenters. The summed E-state index contributed by atoms with van der Waals surface area (Å²) in [6, 6.07) is 1.55. The van der Waals surface area contributed by atoms with E-state index in [0.717, 1.165) is 6.42 Å². The first-order chi connectivity index (χ1) is 6.43. The minimum Gasteiger partial charge on any atom is -0.472 e. The van der Waals surface area contributed by atoms with Crippen LogP contribution in [0.4, 0.5) is 0 Å². The smallest absolute Gasteiger partial charge is 0.227 e. The molecule has 0 saturated heterocycles.